The van der Waals surface area contributed by atoms with Gasteiger partial charge < -0.3 is 15.0 Å². The minimum absolute atomic E-state index is 0.0127. The van der Waals surface area contributed by atoms with Crippen molar-refractivity contribution in [1.82, 2.24) is 10.2 Å². The van der Waals surface area contributed by atoms with E-state index in [0.29, 0.717) is 0 Å². The van der Waals surface area contributed by atoms with Gasteiger partial charge in [-0.05, 0) is 38.5 Å². The fraction of sp³-hybridized carbons (Fsp3) is 0.929. The number of carbonyl (C=O) groups excluding carboxylic acids is 1. The van der Waals surface area contributed by atoms with Crippen LogP contribution < -0.4 is 5.32 Å². The lowest BCUT2D eigenvalue weighted by Crippen LogP contribution is -2.51. The van der Waals surface area contributed by atoms with E-state index in [1.54, 1.807) is 0 Å². The van der Waals surface area contributed by atoms with Gasteiger partial charge in [-0.3, -0.25) is 0 Å². The van der Waals surface area contributed by atoms with Crippen LogP contribution in [0.5, 0.6) is 0 Å². The van der Waals surface area contributed by atoms with Crippen molar-refractivity contribution in [2.75, 3.05) is 19.7 Å². The third kappa shape index (κ3) is 2.97. The Hall–Kier alpha value is -0.770. The molecule has 4 heteroatoms. The Morgan fingerprint density at radius 3 is 2.61 bits per heavy atom. The number of hydrogen-bond acceptors (Lipinski definition) is 2. The first-order valence-corrected chi connectivity index (χ1v) is 7.38. The van der Waals surface area contributed by atoms with Gasteiger partial charge in [0.05, 0.1) is 5.60 Å². The third-order valence-electron chi connectivity index (χ3n) is 4.50. The highest BCUT2D eigenvalue weighted by molar-refractivity contribution is 5.74. The summed E-state index contributed by atoms with van der Waals surface area (Å²) in [5.41, 5.74) is -0.0127. The van der Waals surface area contributed by atoms with E-state index in [1.165, 1.54) is 0 Å². The Bertz CT molecular complexity index is 284. The summed E-state index contributed by atoms with van der Waals surface area (Å²) in [7, 11) is 0. The molecule has 0 aromatic carbocycles. The summed E-state index contributed by atoms with van der Waals surface area (Å²) in [5.74, 6) is 0. The maximum Gasteiger partial charge on any atom is 0.317 e. The Balaban J connectivity index is 1.87. The summed E-state index contributed by atoms with van der Waals surface area (Å²) in [4.78, 5) is 14.0. The fourth-order valence-corrected chi connectivity index (χ4v) is 3.08. The molecule has 1 unspecified atom stereocenters. The van der Waals surface area contributed by atoms with E-state index in [0.717, 1.165) is 58.2 Å². The van der Waals surface area contributed by atoms with Gasteiger partial charge in [-0.2, -0.15) is 0 Å². The number of carbonyl (C=O) groups is 1. The van der Waals surface area contributed by atoms with E-state index in [2.05, 4.69) is 19.2 Å². The summed E-state index contributed by atoms with van der Waals surface area (Å²) in [6.07, 6.45) is 6.25. The van der Waals surface area contributed by atoms with Crippen LogP contribution in [0.4, 0.5) is 4.79 Å². The lowest BCUT2D eigenvalue weighted by atomic mass is 9.86. The Morgan fingerprint density at radius 2 is 2.00 bits per heavy atom. The molecule has 0 radical (unpaired) electrons. The van der Waals surface area contributed by atoms with E-state index in [9.17, 15) is 4.79 Å². The standard InChI is InChI=1S/C14H26N2O2/c1-3-14(4-2)11-12(7-10-18-14)15-13(17)16-8-5-6-9-16/h12H,3-11H2,1-2H3,(H,15,17). The van der Waals surface area contributed by atoms with Gasteiger partial charge in [0.1, 0.15) is 0 Å². The molecule has 18 heavy (non-hydrogen) atoms. The Kier molecular flexibility index (Phi) is 4.49. The fourth-order valence-electron chi connectivity index (χ4n) is 3.08. The van der Waals surface area contributed by atoms with Gasteiger partial charge in [-0.15, -0.1) is 0 Å². The second-order valence-corrected chi connectivity index (χ2v) is 5.57. The van der Waals surface area contributed by atoms with Crippen LogP contribution in [0.2, 0.25) is 0 Å². The monoisotopic (exact) mass is 254 g/mol. The van der Waals surface area contributed by atoms with Gasteiger partial charge >= 0.3 is 6.03 Å². The van der Waals surface area contributed by atoms with Crippen LogP contribution in [0, 0.1) is 0 Å². The largest absolute Gasteiger partial charge is 0.375 e. The molecule has 2 fully saturated rings. The molecule has 1 N–H and O–H groups in total. The molecule has 0 saturated carbocycles. The molecule has 2 aliphatic heterocycles. The number of nitrogens with one attached hydrogen (secondary N) is 1. The van der Waals surface area contributed by atoms with Crippen molar-refractivity contribution in [3.05, 3.63) is 0 Å². The molecule has 0 bridgehead atoms. The first-order valence-electron chi connectivity index (χ1n) is 7.38. The van der Waals surface area contributed by atoms with Crippen LogP contribution >= 0.6 is 0 Å². The van der Waals surface area contributed by atoms with E-state index in [1.807, 2.05) is 4.90 Å². The summed E-state index contributed by atoms with van der Waals surface area (Å²) < 4.78 is 5.94. The predicted octanol–water partition coefficient (Wildman–Crippen LogP) is 2.53. The smallest absolute Gasteiger partial charge is 0.317 e. The molecular formula is C14H26N2O2. The summed E-state index contributed by atoms with van der Waals surface area (Å²) >= 11 is 0. The van der Waals surface area contributed by atoms with Gasteiger partial charge in [0.15, 0.2) is 0 Å². The quantitative estimate of drug-likeness (QED) is 0.841. The molecule has 0 aromatic rings. The van der Waals surface area contributed by atoms with Crippen LogP contribution in [-0.2, 0) is 4.74 Å². The van der Waals surface area contributed by atoms with E-state index in [4.69, 9.17) is 4.74 Å². The highest BCUT2D eigenvalue weighted by atomic mass is 16.5. The zero-order valence-corrected chi connectivity index (χ0v) is 11.7. The maximum atomic E-state index is 12.1. The molecule has 2 aliphatic rings. The predicted molar refractivity (Wildman–Crippen MR) is 71.6 cm³/mol. The maximum absolute atomic E-state index is 12.1. The molecule has 2 heterocycles. The molecule has 0 aliphatic carbocycles. The molecule has 0 spiro atoms. The number of rotatable bonds is 3. The number of amides is 2. The van der Waals surface area contributed by atoms with Gasteiger partial charge in [-0.25, -0.2) is 4.79 Å². The van der Waals surface area contributed by atoms with Crippen LogP contribution in [-0.4, -0.2) is 42.3 Å². The van der Waals surface area contributed by atoms with E-state index < -0.39 is 0 Å². The number of nitrogens with zero attached hydrogens (tertiary/aromatic N) is 1. The van der Waals surface area contributed by atoms with Crippen molar-refractivity contribution in [3.8, 4) is 0 Å². The Labute approximate surface area is 110 Å². The van der Waals surface area contributed by atoms with Crippen molar-refractivity contribution >= 4 is 6.03 Å². The molecule has 0 aromatic heterocycles. The first kappa shape index (κ1) is 13.7. The molecule has 104 valence electrons. The highest BCUT2D eigenvalue weighted by Crippen LogP contribution is 2.31. The van der Waals surface area contributed by atoms with Crippen molar-refractivity contribution in [1.29, 1.82) is 0 Å². The number of urea groups is 1. The van der Waals surface area contributed by atoms with Crippen molar-refractivity contribution in [2.24, 2.45) is 0 Å². The molecule has 2 amide bonds. The minimum Gasteiger partial charge on any atom is -0.375 e. The average Bonchev–Trinajstić information content (AvgIpc) is 2.93. The van der Waals surface area contributed by atoms with Crippen LogP contribution in [0.3, 0.4) is 0 Å². The number of ether oxygens (including phenoxy) is 1. The van der Waals surface area contributed by atoms with Crippen molar-refractivity contribution in [2.45, 2.75) is 64.0 Å². The second kappa shape index (κ2) is 5.91. The van der Waals surface area contributed by atoms with Crippen LogP contribution in [0.1, 0.15) is 52.4 Å². The molecule has 2 rings (SSSR count). The Morgan fingerprint density at radius 1 is 1.33 bits per heavy atom. The molecular weight excluding hydrogens is 228 g/mol. The summed E-state index contributed by atoms with van der Waals surface area (Å²) in [5, 5.41) is 3.19. The lowest BCUT2D eigenvalue weighted by molar-refractivity contribution is -0.0918. The SMILES string of the molecule is CCC1(CC)CC(NC(=O)N2CCCC2)CCO1. The van der Waals surface area contributed by atoms with Gasteiger partial charge in [0, 0.05) is 25.7 Å². The normalized spacial score (nSPS) is 27.2. The van der Waals surface area contributed by atoms with Crippen LogP contribution in [0.15, 0.2) is 0 Å². The third-order valence-corrected chi connectivity index (χ3v) is 4.50. The number of hydrogen-bond donors (Lipinski definition) is 1. The van der Waals surface area contributed by atoms with Gasteiger partial charge in [0.25, 0.3) is 0 Å². The second-order valence-electron chi connectivity index (χ2n) is 5.57. The van der Waals surface area contributed by atoms with Crippen molar-refractivity contribution < 1.29 is 9.53 Å². The topological polar surface area (TPSA) is 41.6 Å². The average molecular weight is 254 g/mol. The van der Waals surface area contributed by atoms with Gasteiger partial charge in [-0.1, -0.05) is 13.8 Å². The summed E-state index contributed by atoms with van der Waals surface area (Å²) in [6, 6.07) is 0.409. The number of likely N-dealkylation sites (tertiary alicyclic amines) is 1. The zero-order chi connectivity index (χ0) is 13.0. The highest BCUT2D eigenvalue weighted by Gasteiger charge is 2.35. The lowest BCUT2D eigenvalue weighted by Gasteiger charge is -2.40. The summed E-state index contributed by atoms with van der Waals surface area (Å²) in [6.45, 7) is 6.96. The van der Waals surface area contributed by atoms with Crippen LogP contribution in [0.25, 0.3) is 0 Å². The van der Waals surface area contributed by atoms with E-state index >= 15 is 0 Å². The zero-order valence-electron chi connectivity index (χ0n) is 11.7. The molecule has 4 nitrogen and oxygen atoms in total. The molecule has 1 atom stereocenters. The van der Waals surface area contributed by atoms with Gasteiger partial charge in [0.2, 0.25) is 0 Å². The van der Waals surface area contributed by atoms with Crippen molar-refractivity contribution in [3.63, 3.8) is 0 Å². The minimum atomic E-state index is -0.0127. The van der Waals surface area contributed by atoms with E-state index in [-0.39, 0.29) is 17.7 Å². The first-order chi connectivity index (χ1) is 8.69. The molecule has 2 saturated heterocycles.